The van der Waals surface area contributed by atoms with Crippen molar-refractivity contribution >= 4 is 0 Å². The van der Waals surface area contributed by atoms with Crippen LogP contribution in [-0.2, 0) is 0 Å². The Morgan fingerprint density at radius 2 is 2.13 bits per heavy atom. The van der Waals surface area contributed by atoms with Crippen LogP contribution in [0.2, 0.25) is 0 Å². The number of hydrogen-bond donors (Lipinski definition) is 2. The summed E-state index contributed by atoms with van der Waals surface area (Å²) in [4.78, 5) is 0. The number of nitrogens with one attached hydrogen (secondary N) is 1. The van der Waals surface area contributed by atoms with Crippen LogP contribution in [0.5, 0.6) is 0 Å². The molecule has 15 heavy (non-hydrogen) atoms. The number of hydrogen-bond acceptors (Lipinski definition) is 2. The van der Waals surface area contributed by atoms with Crippen molar-refractivity contribution in [2.24, 2.45) is 11.8 Å². The number of aryl methyl sites for hydroxylation is 1. The zero-order valence-electron chi connectivity index (χ0n) is 9.59. The molecule has 1 aliphatic carbocycles. The van der Waals surface area contributed by atoms with E-state index in [4.69, 9.17) is 5.84 Å². The van der Waals surface area contributed by atoms with Gasteiger partial charge in [-0.05, 0) is 42.9 Å². The fourth-order valence-electron chi connectivity index (χ4n) is 2.12. The van der Waals surface area contributed by atoms with Gasteiger partial charge in [0.1, 0.15) is 0 Å². The smallest absolute Gasteiger partial charge is 0.0465 e. The summed E-state index contributed by atoms with van der Waals surface area (Å²) in [6.45, 7) is 4.34. The topological polar surface area (TPSA) is 38.0 Å². The van der Waals surface area contributed by atoms with E-state index in [2.05, 4.69) is 37.5 Å². The highest BCUT2D eigenvalue weighted by molar-refractivity contribution is 5.35. The molecule has 0 amide bonds. The van der Waals surface area contributed by atoms with Gasteiger partial charge in [-0.3, -0.25) is 11.3 Å². The van der Waals surface area contributed by atoms with E-state index in [1.807, 2.05) is 0 Å². The SMILES string of the molecule is Cc1cccc(C(CC2CC2)NN)c1C. The maximum atomic E-state index is 5.65. The molecule has 1 unspecified atom stereocenters. The number of nitrogens with two attached hydrogens (primary N) is 1. The summed E-state index contributed by atoms with van der Waals surface area (Å²) >= 11 is 0. The minimum atomic E-state index is 0.331. The van der Waals surface area contributed by atoms with Gasteiger partial charge in [0, 0.05) is 6.04 Å². The van der Waals surface area contributed by atoms with Crippen molar-refractivity contribution in [2.45, 2.75) is 39.2 Å². The first kappa shape index (κ1) is 10.7. The molecule has 3 N–H and O–H groups in total. The van der Waals surface area contributed by atoms with Crippen molar-refractivity contribution in [3.63, 3.8) is 0 Å². The van der Waals surface area contributed by atoms with Gasteiger partial charge in [0.25, 0.3) is 0 Å². The van der Waals surface area contributed by atoms with Gasteiger partial charge in [0.15, 0.2) is 0 Å². The lowest BCUT2D eigenvalue weighted by molar-refractivity contribution is 0.485. The highest BCUT2D eigenvalue weighted by Crippen LogP contribution is 2.38. The molecule has 0 aliphatic heterocycles. The Morgan fingerprint density at radius 3 is 2.73 bits per heavy atom. The highest BCUT2D eigenvalue weighted by atomic mass is 15.2. The Morgan fingerprint density at radius 1 is 1.40 bits per heavy atom. The van der Waals surface area contributed by atoms with E-state index in [1.54, 1.807) is 0 Å². The molecule has 0 saturated heterocycles. The van der Waals surface area contributed by atoms with Gasteiger partial charge in [0.2, 0.25) is 0 Å². The molecule has 1 atom stereocenters. The predicted octanol–water partition coefficient (Wildman–Crippen LogP) is 2.61. The molecule has 82 valence electrons. The summed E-state index contributed by atoms with van der Waals surface area (Å²) in [5, 5.41) is 0. The molecule has 0 spiro atoms. The quantitative estimate of drug-likeness (QED) is 0.584. The van der Waals surface area contributed by atoms with Crippen molar-refractivity contribution in [3.8, 4) is 0 Å². The third kappa shape index (κ3) is 2.39. The molecule has 0 aromatic heterocycles. The van der Waals surface area contributed by atoms with Crippen molar-refractivity contribution < 1.29 is 0 Å². The predicted molar refractivity (Wildman–Crippen MR) is 63.3 cm³/mol. The molecule has 1 fully saturated rings. The molecule has 2 heteroatoms. The Hall–Kier alpha value is -0.860. The summed E-state index contributed by atoms with van der Waals surface area (Å²) < 4.78 is 0. The van der Waals surface area contributed by atoms with Crippen molar-refractivity contribution in [2.75, 3.05) is 0 Å². The van der Waals surface area contributed by atoms with Gasteiger partial charge < -0.3 is 0 Å². The fourth-order valence-corrected chi connectivity index (χ4v) is 2.12. The third-order valence-electron chi connectivity index (χ3n) is 3.49. The number of hydrazine groups is 1. The van der Waals surface area contributed by atoms with Gasteiger partial charge >= 0.3 is 0 Å². The maximum Gasteiger partial charge on any atom is 0.0465 e. The molecular formula is C13H20N2. The van der Waals surface area contributed by atoms with Crippen LogP contribution in [-0.4, -0.2) is 0 Å². The van der Waals surface area contributed by atoms with Crippen LogP contribution >= 0.6 is 0 Å². The Balaban J connectivity index is 2.20. The standard InChI is InChI=1S/C13H20N2/c1-9-4-3-5-12(10(9)2)13(15-14)8-11-6-7-11/h3-5,11,13,15H,6-8,14H2,1-2H3. The molecule has 1 aliphatic rings. The van der Waals surface area contributed by atoms with Gasteiger partial charge in [-0.1, -0.05) is 31.0 Å². The molecule has 0 bridgehead atoms. The van der Waals surface area contributed by atoms with Crippen molar-refractivity contribution in [1.29, 1.82) is 0 Å². The lowest BCUT2D eigenvalue weighted by Gasteiger charge is -2.19. The summed E-state index contributed by atoms with van der Waals surface area (Å²) in [5.41, 5.74) is 7.05. The molecule has 2 rings (SSSR count). The maximum absolute atomic E-state index is 5.65. The van der Waals surface area contributed by atoms with Crippen LogP contribution in [0.25, 0.3) is 0 Å². The second kappa shape index (κ2) is 4.33. The molecular weight excluding hydrogens is 184 g/mol. The van der Waals surface area contributed by atoms with E-state index in [-0.39, 0.29) is 0 Å². The van der Waals surface area contributed by atoms with Gasteiger partial charge in [0.05, 0.1) is 0 Å². The molecule has 1 aromatic rings. The van der Waals surface area contributed by atoms with E-state index in [1.165, 1.54) is 36.0 Å². The largest absolute Gasteiger partial charge is 0.271 e. The Bertz CT molecular complexity index is 342. The fraction of sp³-hybridized carbons (Fsp3) is 0.538. The summed E-state index contributed by atoms with van der Waals surface area (Å²) in [7, 11) is 0. The first-order valence-corrected chi connectivity index (χ1v) is 5.74. The average Bonchev–Trinajstić information content (AvgIpc) is 3.03. The highest BCUT2D eigenvalue weighted by Gasteiger charge is 2.26. The average molecular weight is 204 g/mol. The minimum absolute atomic E-state index is 0.331. The van der Waals surface area contributed by atoms with Crippen LogP contribution in [0.1, 0.15) is 42.0 Å². The summed E-state index contributed by atoms with van der Waals surface area (Å²) in [6.07, 6.45) is 3.94. The van der Waals surface area contributed by atoms with Crippen LogP contribution in [0.15, 0.2) is 18.2 Å². The van der Waals surface area contributed by atoms with Crippen LogP contribution in [0, 0.1) is 19.8 Å². The first-order chi connectivity index (χ1) is 7.22. The zero-order chi connectivity index (χ0) is 10.8. The molecule has 0 radical (unpaired) electrons. The van der Waals surface area contributed by atoms with E-state index < -0.39 is 0 Å². The van der Waals surface area contributed by atoms with Crippen LogP contribution in [0.4, 0.5) is 0 Å². The minimum Gasteiger partial charge on any atom is -0.271 e. The molecule has 1 aromatic carbocycles. The lowest BCUT2D eigenvalue weighted by atomic mass is 9.94. The van der Waals surface area contributed by atoms with Gasteiger partial charge in [-0.2, -0.15) is 0 Å². The first-order valence-electron chi connectivity index (χ1n) is 5.74. The second-order valence-electron chi connectivity index (χ2n) is 4.69. The summed E-state index contributed by atoms with van der Waals surface area (Å²) in [6, 6.07) is 6.80. The third-order valence-corrected chi connectivity index (χ3v) is 3.49. The van der Waals surface area contributed by atoms with E-state index in [9.17, 15) is 0 Å². The van der Waals surface area contributed by atoms with E-state index in [0.717, 1.165) is 5.92 Å². The molecule has 2 nitrogen and oxygen atoms in total. The van der Waals surface area contributed by atoms with Gasteiger partial charge in [-0.25, -0.2) is 0 Å². The number of rotatable bonds is 4. The van der Waals surface area contributed by atoms with Crippen molar-refractivity contribution in [3.05, 3.63) is 34.9 Å². The normalized spacial score (nSPS) is 17.8. The molecule has 0 heterocycles. The molecule has 1 saturated carbocycles. The monoisotopic (exact) mass is 204 g/mol. The second-order valence-corrected chi connectivity index (χ2v) is 4.69. The zero-order valence-corrected chi connectivity index (χ0v) is 9.59. The van der Waals surface area contributed by atoms with Crippen LogP contribution in [0.3, 0.4) is 0 Å². The van der Waals surface area contributed by atoms with E-state index in [0.29, 0.717) is 6.04 Å². The lowest BCUT2D eigenvalue weighted by Crippen LogP contribution is -2.29. The van der Waals surface area contributed by atoms with Gasteiger partial charge in [-0.15, -0.1) is 0 Å². The number of benzene rings is 1. The van der Waals surface area contributed by atoms with Crippen molar-refractivity contribution in [1.82, 2.24) is 5.43 Å². The summed E-state index contributed by atoms with van der Waals surface area (Å²) in [5.74, 6) is 6.54. The van der Waals surface area contributed by atoms with E-state index >= 15 is 0 Å². The van der Waals surface area contributed by atoms with Crippen LogP contribution < -0.4 is 11.3 Å². The Kier molecular flexibility index (Phi) is 3.08. The Labute approximate surface area is 91.8 Å².